The molecular formula is C16H16N4O2S. The van der Waals surface area contributed by atoms with Gasteiger partial charge in [0.1, 0.15) is 6.61 Å². The van der Waals surface area contributed by atoms with Gasteiger partial charge in [-0.1, -0.05) is 30.0 Å². The van der Waals surface area contributed by atoms with Crippen molar-refractivity contribution in [2.24, 2.45) is 0 Å². The first kappa shape index (κ1) is 15.4. The molecule has 23 heavy (non-hydrogen) atoms. The summed E-state index contributed by atoms with van der Waals surface area (Å²) in [5.41, 5.74) is 0. The molecule has 0 saturated heterocycles. The highest BCUT2D eigenvalue weighted by Gasteiger charge is 2.28. The first-order chi connectivity index (χ1) is 11.3. The van der Waals surface area contributed by atoms with E-state index in [4.69, 9.17) is 14.7 Å². The lowest BCUT2D eigenvalue weighted by atomic mass is 10.2. The second kappa shape index (κ2) is 7.20. The maximum absolute atomic E-state index is 8.66. The van der Waals surface area contributed by atoms with Crippen LogP contribution in [-0.2, 0) is 6.54 Å². The SMILES string of the molecule is C=CCn1c(SCCC#N)nnc1C1COc2ccccc2O1. The highest BCUT2D eigenvalue weighted by molar-refractivity contribution is 7.99. The number of nitrogens with zero attached hydrogens (tertiary/aromatic N) is 4. The number of fused-ring (bicyclic) bond motifs is 1. The third kappa shape index (κ3) is 3.32. The van der Waals surface area contributed by atoms with E-state index in [1.54, 1.807) is 6.08 Å². The van der Waals surface area contributed by atoms with Crippen LogP contribution >= 0.6 is 11.8 Å². The molecule has 2 aromatic rings. The van der Waals surface area contributed by atoms with Gasteiger partial charge in [-0.25, -0.2) is 0 Å². The highest BCUT2D eigenvalue weighted by Crippen LogP contribution is 2.36. The Balaban J connectivity index is 1.82. The summed E-state index contributed by atoms with van der Waals surface area (Å²) in [6.45, 7) is 4.75. The molecule has 0 radical (unpaired) electrons. The van der Waals surface area contributed by atoms with Gasteiger partial charge in [0.25, 0.3) is 0 Å². The standard InChI is InChI=1S/C16H16N4O2S/c1-2-9-20-15(18-19-16(20)23-10-5-8-17)14-11-21-12-6-3-4-7-13(12)22-14/h2-4,6-7,14H,1,5,9-11H2. The predicted molar refractivity (Wildman–Crippen MR) is 86.5 cm³/mol. The second-order valence-electron chi connectivity index (χ2n) is 4.86. The van der Waals surface area contributed by atoms with E-state index < -0.39 is 0 Å². The minimum atomic E-state index is -0.317. The van der Waals surface area contributed by atoms with Gasteiger partial charge in [-0.15, -0.1) is 16.8 Å². The van der Waals surface area contributed by atoms with Gasteiger partial charge in [0.05, 0.1) is 6.07 Å². The molecule has 1 aromatic carbocycles. The average molecular weight is 328 g/mol. The Bertz CT molecular complexity index is 738. The number of nitriles is 1. The number of thioether (sulfide) groups is 1. The molecule has 0 N–H and O–H groups in total. The summed E-state index contributed by atoms with van der Waals surface area (Å²) < 4.78 is 13.7. The number of benzene rings is 1. The summed E-state index contributed by atoms with van der Waals surface area (Å²) in [5, 5.41) is 17.9. The Morgan fingerprint density at radius 2 is 2.22 bits per heavy atom. The van der Waals surface area contributed by atoms with Gasteiger partial charge in [0, 0.05) is 18.7 Å². The molecule has 0 saturated carbocycles. The number of ether oxygens (including phenoxy) is 2. The fourth-order valence-corrected chi connectivity index (χ4v) is 3.08. The molecule has 0 aliphatic carbocycles. The highest BCUT2D eigenvalue weighted by atomic mass is 32.2. The Morgan fingerprint density at radius 3 is 3.00 bits per heavy atom. The monoisotopic (exact) mass is 328 g/mol. The number of allylic oxidation sites excluding steroid dienone is 1. The lowest BCUT2D eigenvalue weighted by Gasteiger charge is -2.26. The summed E-state index contributed by atoms with van der Waals surface area (Å²) in [7, 11) is 0. The Labute approximate surface area is 138 Å². The third-order valence-electron chi connectivity index (χ3n) is 3.30. The summed E-state index contributed by atoms with van der Waals surface area (Å²) in [5.74, 6) is 2.83. The zero-order valence-electron chi connectivity index (χ0n) is 12.5. The minimum absolute atomic E-state index is 0.317. The van der Waals surface area contributed by atoms with E-state index in [1.807, 2.05) is 28.8 Å². The molecule has 118 valence electrons. The van der Waals surface area contributed by atoms with Gasteiger partial charge in [0.2, 0.25) is 0 Å². The second-order valence-corrected chi connectivity index (χ2v) is 5.92. The van der Waals surface area contributed by atoms with Crippen LogP contribution in [0.3, 0.4) is 0 Å². The number of hydrogen-bond donors (Lipinski definition) is 0. The van der Waals surface area contributed by atoms with Crippen LogP contribution in [0.1, 0.15) is 18.3 Å². The fraction of sp³-hybridized carbons (Fsp3) is 0.312. The van der Waals surface area contributed by atoms with Crippen LogP contribution in [0.2, 0.25) is 0 Å². The van der Waals surface area contributed by atoms with Crippen LogP contribution < -0.4 is 9.47 Å². The molecule has 6 nitrogen and oxygen atoms in total. The van der Waals surface area contributed by atoms with Crippen molar-refractivity contribution in [3.8, 4) is 17.6 Å². The predicted octanol–water partition coefficient (Wildman–Crippen LogP) is 2.98. The molecule has 1 aromatic heterocycles. The lowest BCUT2D eigenvalue weighted by Crippen LogP contribution is -2.25. The van der Waals surface area contributed by atoms with Crippen LogP contribution in [0.25, 0.3) is 0 Å². The van der Waals surface area contributed by atoms with Crippen LogP contribution in [0.15, 0.2) is 42.1 Å². The Morgan fingerprint density at radius 1 is 1.39 bits per heavy atom. The average Bonchev–Trinajstić information content (AvgIpc) is 2.98. The first-order valence-electron chi connectivity index (χ1n) is 7.25. The summed E-state index contributed by atoms with van der Waals surface area (Å²) in [4.78, 5) is 0. The lowest BCUT2D eigenvalue weighted by molar-refractivity contribution is 0.0821. The van der Waals surface area contributed by atoms with Crippen LogP contribution in [0.5, 0.6) is 11.5 Å². The maximum Gasteiger partial charge on any atom is 0.192 e. The van der Waals surface area contributed by atoms with Crippen molar-refractivity contribution in [2.45, 2.75) is 24.2 Å². The van der Waals surface area contributed by atoms with Crippen molar-refractivity contribution in [2.75, 3.05) is 12.4 Å². The van der Waals surface area contributed by atoms with E-state index in [2.05, 4.69) is 22.8 Å². The van der Waals surface area contributed by atoms with Gasteiger partial charge >= 0.3 is 0 Å². The summed E-state index contributed by atoms with van der Waals surface area (Å²) >= 11 is 1.50. The van der Waals surface area contributed by atoms with Crippen molar-refractivity contribution >= 4 is 11.8 Å². The van der Waals surface area contributed by atoms with Gasteiger partial charge < -0.3 is 9.47 Å². The van der Waals surface area contributed by atoms with Gasteiger partial charge in [0.15, 0.2) is 28.6 Å². The van der Waals surface area contributed by atoms with Crippen molar-refractivity contribution in [3.63, 3.8) is 0 Å². The van der Waals surface area contributed by atoms with Crippen molar-refractivity contribution in [3.05, 3.63) is 42.7 Å². The van der Waals surface area contributed by atoms with E-state index in [0.717, 1.165) is 10.9 Å². The van der Waals surface area contributed by atoms with Crippen molar-refractivity contribution < 1.29 is 9.47 Å². The number of hydrogen-bond acceptors (Lipinski definition) is 6. The van der Waals surface area contributed by atoms with E-state index in [-0.39, 0.29) is 6.10 Å². The smallest absolute Gasteiger partial charge is 0.192 e. The molecule has 0 amide bonds. The molecule has 0 spiro atoms. The number of rotatable bonds is 6. The largest absolute Gasteiger partial charge is 0.485 e. The molecule has 2 heterocycles. The summed E-state index contributed by atoms with van der Waals surface area (Å²) in [6, 6.07) is 9.69. The minimum Gasteiger partial charge on any atom is -0.485 e. The number of para-hydroxylation sites is 2. The molecule has 1 atom stereocenters. The van der Waals surface area contributed by atoms with Crippen molar-refractivity contribution in [1.82, 2.24) is 14.8 Å². The molecule has 1 aliphatic heterocycles. The van der Waals surface area contributed by atoms with Gasteiger partial charge in [-0.2, -0.15) is 5.26 Å². The van der Waals surface area contributed by atoms with E-state index in [9.17, 15) is 0 Å². The molecule has 0 fully saturated rings. The van der Waals surface area contributed by atoms with Crippen LogP contribution in [0.4, 0.5) is 0 Å². The molecule has 1 aliphatic rings. The topological polar surface area (TPSA) is 73.0 Å². The van der Waals surface area contributed by atoms with E-state index in [1.165, 1.54) is 11.8 Å². The third-order valence-corrected chi connectivity index (χ3v) is 4.27. The number of aromatic nitrogens is 3. The normalized spacial score (nSPS) is 15.9. The summed E-state index contributed by atoms with van der Waals surface area (Å²) in [6.07, 6.45) is 1.94. The van der Waals surface area contributed by atoms with Crippen molar-refractivity contribution in [1.29, 1.82) is 5.26 Å². The van der Waals surface area contributed by atoms with E-state index in [0.29, 0.717) is 36.9 Å². The Hall–Kier alpha value is -2.46. The first-order valence-corrected chi connectivity index (χ1v) is 8.24. The van der Waals surface area contributed by atoms with Gasteiger partial charge in [-0.3, -0.25) is 4.57 Å². The fourth-order valence-electron chi connectivity index (χ4n) is 2.28. The molecular weight excluding hydrogens is 312 g/mol. The quantitative estimate of drug-likeness (QED) is 0.461. The zero-order chi connectivity index (χ0) is 16.1. The molecule has 7 heteroatoms. The zero-order valence-corrected chi connectivity index (χ0v) is 13.3. The van der Waals surface area contributed by atoms with Crippen LogP contribution in [-0.4, -0.2) is 27.1 Å². The molecule has 1 unspecified atom stereocenters. The van der Waals surface area contributed by atoms with Gasteiger partial charge in [-0.05, 0) is 12.1 Å². The maximum atomic E-state index is 8.66. The van der Waals surface area contributed by atoms with E-state index >= 15 is 0 Å². The Kier molecular flexibility index (Phi) is 4.83. The van der Waals surface area contributed by atoms with Crippen LogP contribution in [0, 0.1) is 11.3 Å². The molecule has 0 bridgehead atoms. The molecule has 3 rings (SSSR count).